The molecule has 0 aliphatic rings. The lowest BCUT2D eigenvalue weighted by Gasteiger charge is -2.05. The second-order valence-corrected chi connectivity index (χ2v) is 4.02. The van der Waals surface area contributed by atoms with E-state index in [1.54, 1.807) is 0 Å². The van der Waals surface area contributed by atoms with Crippen LogP contribution in [0.2, 0.25) is 5.02 Å². The Morgan fingerprint density at radius 2 is 2.21 bits per heavy atom. The van der Waals surface area contributed by atoms with Gasteiger partial charge in [0.2, 0.25) is 0 Å². The molecule has 19 heavy (non-hydrogen) atoms. The Kier molecular flexibility index (Phi) is 3.62. The predicted octanol–water partition coefficient (Wildman–Crippen LogP) is 2.30. The average molecular weight is 282 g/mol. The summed E-state index contributed by atoms with van der Waals surface area (Å²) in [5.74, 6) is -0.935. The van der Waals surface area contributed by atoms with Gasteiger partial charge in [-0.2, -0.15) is 0 Å². The third-order valence-corrected chi connectivity index (χ3v) is 2.69. The number of rotatable bonds is 2. The monoisotopic (exact) mass is 281 g/mol. The molecule has 0 unspecified atom stereocenters. The van der Waals surface area contributed by atoms with Crippen LogP contribution in [0.1, 0.15) is 10.4 Å². The van der Waals surface area contributed by atoms with Crippen LogP contribution < -0.4 is 5.73 Å². The molecule has 2 rings (SSSR count). The van der Waals surface area contributed by atoms with E-state index in [2.05, 4.69) is 14.7 Å². The van der Waals surface area contributed by atoms with E-state index in [4.69, 9.17) is 17.3 Å². The van der Waals surface area contributed by atoms with Gasteiger partial charge in [0.15, 0.2) is 5.82 Å². The maximum Gasteiger partial charge on any atom is 0.343 e. The van der Waals surface area contributed by atoms with Gasteiger partial charge in [-0.1, -0.05) is 11.6 Å². The quantitative estimate of drug-likeness (QED) is 0.855. The number of ether oxygens (including phenoxy) is 1. The highest BCUT2D eigenvalue weighted by Gasteiger charge is 2.14. The SMILES string of the molecule is COC(=O)c1cnc(-c2ccc(F)c(Cl)c2)nc1N. The lowest BCUT2D eigenvalue weighted by Crippen LogP contribution is -2.09. The van der Waals surface area contributed by atoms with Crippen LogP contribution in [0, 0.1) is 5.82 Å². The van der Waals surface area contributed by atoms with Crippen LogP contribution in [-0.2, 0) is 4.74 Å². The first-order valence-electron chi connectivity index (χ1n) is 5.19. The smallest absolute Gasteiger partial charge is 0.343 e. The van der Waals surface area contributed by atoms with Crippen LogP contribution in [-0.4, -0.2) is 23.0 Å². The van der Waals surface area contributed by atoms with Gasteiger partial charge in [-0.3, -0.25) is 0 Å². The van der Waals surface area contributed by atoms with E-state index in [1.165, 1.54) is 31.5 Å². The molecule has 0 saturated carbocycles. The number of carbonyl (C=O) groups is 1. The number of carbonyl (C=O) groups excluding carboxylic acids is 1. The molecule has 1 heterocycles. The molecule has 1 aromatic heterocycles. The molecule has 1 aromatic carbocycles. The van der Waals surface area contributed by atoms with E-state index in [9.17, 15) is 9.18 Å². The van der Waals surface area contributed by atoms with Crippen molar-refractivity contribution in [1.82, 2.24) is 9.97 Å². The van der Waals surface area contributed by atoms with Crippen LogP contribution in [0.5, 0.6) is 0 Å². The third kappa shape index (κ3) is 2.63. The van der Waals surface area contributed by atoms with Crippen molar-refractivity contribution in [2.45, 2.75) is 0 Å². The lowest BCUT2D eigenvalue weighted by molar-refractivity contribution is 0.0601. The Labute approximate surface area is 113 Å². The van der Waals surface area contributed by atoms with Gasteiger partial charge in [-0.05, 0) is 18.2 Å². The zero-order chi connectivity index (χ0) is 14.0. The molecule has 7 heteroatoms. The Morgan fingerprint density at radius 1 is 1.47 bits per heavy atom. The van der Waals surface area contributed by atoms with Crippen molar-refractivity contribution in [1.29, 1.82) is 0 Å². The van der Waals surface area contributed by atoms with E-state index in [-0.39, 0.29) is 22.2 Å². The van der Waals surface area contributed by atoms with E-state index in [0.717, 1.165) is 0 Å². The Hall–Kier alpha value is -2.21. The van der Waals surface area contributed by atoms with Crippen molar-refractivity contribution >= 4 is 23.4 Å². The Bertz CT molecular complexity index is 649. The first kappa shape index (κ1) is 13.2. The molecule has 0 atom stereocenters. The average Bonchev–Trinajstić information content (AvgIpc) is 2.41. The minimum absolute atomic E-state index is 0.0164. The summed E-state index contributed by atoms with van der Waals surface area (Å²) in [4.78, 5) is 19.3. The number of anilines is 1. The van der Waals surface area contributed by atoms with Crippen LogP contribution >= 0.6 is 11.6 Å². The van der Waals surface area contributed by atoms with Crippen LogP contribution in [0.3, 0.4) is 0 Å². The van der Waals surface area contributed by atoms with Crippen molar-refractivity contribution < 1.29 is 13.9 Å². The number of nitrogen functional groups attached to an aromatic ring is 1. The Morgan fingerprint density at radius 3 is 2.79 bits per heavy atom. The summed E-state index contributed by atoms with van der Waals surface area (Å²) < 4.78 is 17.6. The fraction of sp³-hybridized carbons (Fsp3) is 0.0833. The second kappa shape index (κ2) is 5.19. The number of aromatic nitrogens is 2. The minimum Gasteiger partial charge on any atom is -0.465 e. The van der Waals surface area contributed by atoms with E-state index in [1.807, 2.05) is 0 Å². The van der Waals surface area contributed by atoms with Gasteiger partial charge in [0.05, 0.1) is 12.1 Å². The molecule has 0 spiro atoms. The number of nitrogens with zero attached hydrogens (tertiary/aromatic N) is 2. The largest absolute Gasteiger partial charge is 0.465 e. The summed E-state index contributed by atoms with van der Waals surface area (Å²) in [6.45, 7) is 0. The van der Waals surface area contributed by atoms with Crippen LogP contribution in [0.15, 0.2) is 24.4 Å². The zero-order valence-electron chi connectivity index (χ0n) is 9.85. The van der Waals surface area contributed by atoms with Gasteiger partial charge in [-0.25, -0.2) is 19.2 Å². The number of methoxy groups -OCH3 is 1. The van der Waals surface area contributed by atoms with Crippen LogP contribution in [0.25, 0.3) is 11.4 Å². The molecular weight excluding hydrogens is 273 g/mol. The molecule has 0 radical (unpaired) electrons. The highest BCUT2D eigenvalue weighted by Crippen LogP contribution is 2.23. The summed E-state index contributed by atoms with van der Waals surface area (Å²) in [7, 11) is 1.23. The van der Waals surface area contributed by atoms with Gasteiger partial charge >= 0.3 is 5.97 Å². The van der Waals surface area contributed by atoms with Gasteiger partial charge in [-0.15, -0.1) is 0 Å². The first-order chi connectivity index (χ1) is 9.02. The van der Waals surface area contributed by atoms with Gasteiger partial charge < -0.3 is 10.5 Å². The number of nitrogens with two attached hydrogens (primary N) is 1. The molecule has 98 valence electrons. The fourth-order valence-corrected chi connectivity index (χ4v) is 1.62. The summed E-state index contributed by atoms with van der Waals surface area (Å²) in [6, 6.07) is 4.04. The summed E-state index contributed by atoms with van der Waals surface area (Å²) in [6.07, 6.45) is 1.25. The number of halogens is 2. The first-order valence-corrected chi connectivity index (χ1v) is 5.57. The molecule has 5 nitrogen and oxygen atoms in total. The van der Waals surface area contributed by atoms with Crippen molar-refractivity contribution in [2.24, 2.45) is 0 Å². The summed E-state index contributed by atoms with van der Waals surface area (Å²) >= 11 is 5.67. The topological polar surface area (TPSA) is 78.1 Å². The second-order valence-electron chi connectivity index (χ2n) is 3.61. The van der Waals surface area contributed by atoms with E-state index < -0.39 is 11.8 Å². The maximum atomic E-state index is 13.1. The number of esters is 1. The number of hydrogen-bond donors (Lipinski definition) is 1. The van der Waals surface area contributed by atoms with Crippen molar-refractivity contribution in [3.8, 4) is 11.4 Å². The molecule has 2 N–H and O–H groups in total. The normalized spacial score (nSPS) is 10.3. The van der Waals surface area contributed by atoms with Gasteiger partial charge in [0, 0.05) is 11.8 Å². The van der Waals surface area contributed by atoms with Gasteiger partial charge in [0.25, 0.3) is 0 Å². The summed E-state index contributed by atoms with van der Waals surface area (Å²) in [5, 5.41) is -0.0447. The van der Waals surface area contributed by atoms with Crippen LogP contribution in [0.4, 0.5) is 10.2 Å². The molecule has 0 saturated heterocycles. The molecule has 0 bridgehead atoms. The molecule has 0 aliphatic carbocycles. The van der Waals surface area contributed by atoms with Crippen molar-refractivity contribution in [3.63, 3.8) is 0 Å². The summed E-state index contributed by atoms with van der Waals surface area (Å²) in [5.41, 5.74) is 6.21. The Balaban J connectivity index is 2.44. The van der Waals surface area contributed by atoms with E-state index in [0.29, 0.717) is 5.56 Å². The fourth-order valence-electron chi connectivity index (χ4n) is 1.44. The van der Waals surface area contributed by atoms with E-state index >= 15 is 0 Å². The van der Waals surface area contributed by atoms with Crippen molar-refractivity contribution in [3.05, 3.63) is 40.8 Å². The van der Waals surface area contributed by atoms with Crippen molar-refractivity contribution in [2.75, 3.05) is 12.8 Å². The highest BCUT2D eigenvalue weighted by molar-refractivity contribution is 6.31. The standard InChI is InChI=1S/C12H9ClFN3O2/c1-19-12(18)7-5-16-11(17-10(7)15)6-2-3-9(14)8(13)4-6/h2-5H,1H3,(H2,15,16,17). The maximum absolute atomic E-state index is 13.1. The third-order valence-electron chi connectivity index (χ3n) is 2.40. The molecule has 0 amide bonds. The predicted molar refractivity (Wildman–Crippen MR) is 68.2 cm³/mol. The highest BCUT2D eigenvalue weighted by atomic mass is 35.5. The number of hydrogen-bond acceptors (Lipinski definition) is 5. The zero-order valence-corrected chi connectivity index (χ0v) is 10.6. The molecule has 0 aliphatic heterocycles. The molecule has 0 fully saturated rings. The lowest BCUT2D eigenvalue weighted by atomic mass is 10.2. The molecular formula is C12H9ClFN3O2. The van der Waals surface area contributed by atoms with Gasteiger partial charge in [0.1, 0.15) is 17.2 Å². The molecule has 2 aromatic rings. The minimum atomic E-state index is -0.624. The number of benzene rings is 1.